The molecule has 1 saturated heterocycles. The van der Waals surface area contributed by atoms with Gasteiger partial charge in [0, 0.05) is 35.9 Å². The fraction of sp³-hybridized carbons (Fsp3) is 0.235. The molecule has 0 saturated carbocycles. The largest absolute Gasteiger partial charge is 0.344 e. The van der Waals surface area contributed by atoms with Gasteiger partial charge in [-0.3, -0.25) is 4.79 Å². The first kappa shape index (κ1) is 15.8. The molecule has 1 aromatic carbocycles. The molecule has 7 heteroatoms. The Labute approximate surface area is 157 Å². The van der Waals surface area contributed by atoms with E-state index < -0.39 is 0 Å². The summed E-state index contributed by atoms with van der Waals surface area (Å²) in [6, 6.07) is 11.6. The molecule has 2 aromatic heterocycles. The van der Waals surface area contributed by atoms with E-state index in [1.54, 1.807) is 17.5 Å². The van der Waals surface area contributed by atoms with Crippen molar-refractivity contribution in [1.29, 1.82) is 0 Å². The van der Waals surface area contributed by atoms with Crippen molar-refractivity contribution in [2.75, 3.05) is 31.1 Å². The van der Waals surface area contributed by atoms with Crippen LogP contribution in [0.3, 0.4) is 0 Å². The first-order valence-electron chi connectivity index (χ1n) is 7.73. The molecule has 0 spiro atoms. The number of amides is 1. The second kappa shape index (κ2) is 6.64. The summed E-state index contributed by atoms with van der Waals surface area (Å²) in [5.74, 6) is 0.116. The maximum absolute atomic E-state index is 12.7. The van der Waals surface area contributed by atoms with Crippen molar-refractivity contribution in [2.45, 2.75) is 0 Å². The molecule has 0 N–H and O–H groups in total. The van der Waals surface area contributed by atoms with Gasteiger partial charge in [0.2, 0.25) is 0 Å². The van der Waals surface area contributed by atoms with Crippen LogP contribution in [0.5, 0.6) is 0 Å². The van der Waals surface area contributed by atoms with Gasteiger partial charge in [-0.25, -0.2) is 9.97 Å². The van der Waals surface area contributed by atoms with Gasteiger partial charge in [0.05, 0.1) is 5.56 Å². The highest BCUT2D eigenvalue weighted by atomic mass is 127. The van der Waals surface area contributed by atoms with Crippen molar-refractivity contribution >= 4 is 55.3 Å². The molecule has 5 nitrogen and oxygen atoms in total. The number of nitrogens with zero attached hydrogens (tertiary/aromatic N) is 4. The van der Waals surface area contributed by atoms with Crippen molar-refractivity contribution in [1.82, 2.24) is 14.9 Å². The van der Waals surface area contributed by atoms with Crippen LogP contribution in [0.15, 0.2) is 42.6 Å². The van der Waals surface area contributed by atoms with Crippen LogP contribution < -0.4 is 4.90 Å². The maximum Gasteiger partial charge on any atom is 0.255 e. The summed E-state index contributed by atoms with van der Waals surface area (Å²) in [5.41, 5.74) is 1.73. The fourth-order valence-electron chi connectivity index (χ4n) is 2.80. The van der Waals surface area contributed by atoms with Crippen LogP contribution in [0.1, 0.15) is 10.4 Å². The van der Waals surface area contributed by atoms with Gasteiger partial charge in [-0.1, -0.05) is 23.5 Å². The summed E-state index contributed by atoms with van der Waals surface area (Å²) in [5, 5.41) is 0.991. The van der Waals surface area contributed by atoms with E-state index in [2.05, 4.69) is 37.5 Å². The smallest absolute Gasteiger partial charge is 0.255 e. The third kappa shape index (κ3) is 2.98. The van der Waals surface area contributed by atoms with E-state index in [9.17, 15) is 4.79 Å². The van der Waals surface area contributed by atoms with Gasteiger partial charge in [0.1, 0.15) is 10.3 Å². The Bertz CT molecular complexity index is 856. The molecular weight excluding hydrogens is 435 g/mol. The molecule has 1 aliphatic rings. The zero-order valence-electron chi connectivity index (χ0n) is 12.9. The highest BCUT2D eigenvalue weighted by Crippen LogP contribution is 2.28. The molecule has 122 valence electrons. The number of hydrogen-bond donors (Lipinski definition) is 0. The van der Waals surface area contributed by atoms with Crippen molar-refractivity contribution < 1.29 is 4.79 Å². The molecule has 4 rings (SSSR count). The summed E-state index contributed by atoms with van der Waals surface area (Å²) in [4.78, 5) is 26.8. The Morgan fingerprint density at radius 1 is 1.08 bits per heavy atom. The van der Waals surface area contributed by atoms with E-state index in [4.69, 9.17) is 0 Å². The predicted molar refractivity (Wildman–Crippen MR) is 105 cm³/mol. The zero-order valence-corrected chi connectivity index (χ0v) is 15.8. The Hall–Kier alpha value is -1.74. The highest BCUT2D eigenvalue weighted by Gasteiger charge is 2.24. The third-order valence-electron chi connectivity index (χ3n) is 4.10. The molecule has 3 aromatic rings. The number of piperazine rings is 1. The quantitative estimate of drug-likeness (QED) is 0.563. The molecule has 3 heterocycles. The molecule has 0 unspecified atom stereocenters. The molecular formula is C17H15IN4OS. The molecule has 1 fully saturated rings. The molecule has 0 aliphatic carbocycles. The topological polar surface area (TPSA) is 49.3 Å². The lowest BCUT2D eigenvalue weighted by Gasteiger charge is -2.34. The van der Waals surface area contributed by atoms with Gasteiger partial charge >= 0.3 is 0 Å². The van der Waals surface area contributed by atoms with E-state index in [0.717, 1.165) is 37.7 Å². The van der Waals surface area contributed by atoms with Gasteiger partial charge < -0.3 is 9.80 Å². The fourth-order valence-corrected chi connectivity index (χ4v) is 4.38. The van der Waals surface area contributed by atoms with Gasteiger partial charge in [-0.05, 0) is 46.9 Å². The van der Waals surface area contributed by atoms with Gasteiger partial charge in [0.15, 0.2) is 5.13 Å². The molecule has 0 radical (unpaired) electrons. The first-order valence-corrected chi connectivity index (χ1v) is 9.62. The van der Waals surface area contributed by atoms with Crippen LogP contribution in [0.25, 0.3) is 10.3 Å². The van der Waals surface area contributed by atoms with Crippen molar-refractivity contribution in [3.8, 4) is 0 Å². The van der Waals surface area contributed by atoms with E-state index >= 15 is 0 Å². The van der Waals surface area contributed by atoms with Crippen molar-refractivity contribution in [3.63, 3.8) is 0 Å². The number of rotatable bonds is 2. The average Bonchev–Trinajstić information content (AvgIpc) is 3.06. The second-order valence-electron chi connectivity index (χ2n) is 5.58. The Kier molecular flexibility index (Phi) is 4.36. The van der Waals surface area contributed by atoms with E-state index in [1.165, 1.54) is 0 Å². The molecule has 1 aliphatic heterocycles. The molecule has 0 atom stereocenters. The lowest BCUT2D eigenvalue weighted by Crippen LogP contribution is -2.48. The molecule has 24 heavy (non-hydrogen) atoms. The highest BCUT2D eigenvalue weighted by molar-refractivity contribution is 14.1. The van der Waals surface area contributed by atoms with Crippen LogP contribution in [-0.2, 0) is 0 Å². The lowest BCUT2D eigenvalue weighted by atomic mass is 10.2. The number of benzene rings is 1. The Balaban J connectivity index is 1.47. The summed E-state index contributed by atoms with van der Waals surface area (Å²) in [6.07, 6.45) is 1.79. The standard InChI is InChI=1S/C17H15IN4OS/c18-13-5-2-1-4-12(13)16(23)21-8-10-22(11-9-21)17-20-14-6-3-7-19-15(14)24-17/h1-7H,8-11H2. The minimum Gasteiger partial charge on any atom is -0.344 e. The molecule has 1 amide bonds. The number of carbonyl (C=O) groups excluding carboxylic acids is 1. The minimum atomic E-state index is 0.116. The number of pyridine rings is 1. The number of carbonyl (C=O) groups is 1. The SMILES string of the molecule is O=C(c1ccccc1I)N1CCN(c2nc3cccnc3s2)CC1. The number of hydrogen-bond acceptors (Lipinski definition) is 5. The minimum absolute atomic E-state index is 0.116. The van der Waals surface area contributed by atoms with Crippen LogP contribution in [-0.4, -0.2) is 47.0 Å². The monoisotopic (exact) mass is 450 g/mol. The molecule has 0 bridgehead atoms. The van der Waals surface area contributed by atoms with Crippen LogP contribution in [0, 0.1) is 3.57 Å². The summed E-state index contributed by atoms with van der Waals surface area (Å²) in [6.45, 7) is 3.03. The third-order valence-corrected chi connectivity index (χ3v) is 6.08. The predicted octanol–water partition coefficient (Wildman–Crippen LogP) is 3.26. The summed E-state index contributed by atoms with van der Waals surface area (Å²) >= 11 is 3.83. The van der Waals surface area contributed by atoms with E-state index in [1.807, 2.05) is 41.3 Å². The number of fused-ring (bicyclic) bond motifs is 1. The lowest BCUT2D eigenvalue weighted by molar-refractivity contribution is 0.0745. The van der Waals surface area contributed by atoms with E-state index in [-0.39, 0.29) is 5.91 Å². The van der Waals surface area contributed by atoms with Crippen LogP contribution in [0.4, 0.5) is 5.13 Å². The van der Waals surface area contributed by atoms with Gasteiger partial charge in [0.25, 0.3) is 5.91 Å². The van der Waals surface area contributed by atoms with Crippen LogP contribution in [0.2, 0.25) is 0 Å². The number of aromatic nitrogens is 2. The second-order valence-corrected chi connectivity index (χ2v) is 7.70. The first-order chi connectivity index (χ1) is 11.7. The summed E-state index contributed by atoms with van der Waals surface area (Å²) in [7, 11) is 0. The zero-order chi connectivity index (χ0) is 16.5. The summed E-state index contributed by atoms with van der Waals surface area (Å²) < 4.78 is 1.000. The Morgan fingerprint density at radius 2 is 1.88 bits per heavy atom. The van der Waals surface area contributed by atoms with Gasteiger partial charge in [-0.15, -0.1) is 0 Å². The van der Waals surface area contributed by atoms with Crippen LogP contribution >= 0.6 is 33.9 Å². The maximum atomic E-state index is 12.7. The number of halogens is 1. The van der Waals surface area contributed by atoms with Crippen molar-refractivity contribution in [3.05, 3.63) is 51.7 Å². The number of thiazole rings is 1. The van der Waals surface area contributed by atoms with Crippen molar-refractivity contribution in [2.24, 2.45) is 0 Å². The normalized spacial score (nSPS) is 15.0. The Morgan fingerprint density at radius 3 is 2.62 bits per heavy atom. The van der Waals surface area contributed by atoms with Gasteiger partial charge in [-0.2, -0.15) is 0 Å². The average molecular weight is 450 g/mol. The number of anilines is 1. The van der Waals surface area contributed by atoms with E-state index in [0.29, 0.717) is 13.1 Å².